The number of piperidine rings is 1. The highest BCUT2D eigenvalue weighted by molar-refractivity contribution is 5.94. The van der Waals surface area contributed by atoms with E-state index < -0.39 is 0 Å². The zero-order valence-corrected chi connectivity index (χ0v) is 18.6. The van der Waals surface area contributed by atoms with Gasteiger partial charge in [0, 0.05) is 44.0 Å². The molecule has 2 aromatic heterocycles. The molecular formula is C26H27N5O2. The van der Waals surface area contributed by atoms with Crippen molar-refractivity contribution >= 4 is 28.0 Å². The molecule has 0 saturated carbocycles. The Balaban J connectivity index is 1.24. The van der Waals surface area contributed by atoms with Crippen LogP contribution in [0.4, 0.5) is 4.79 Å². The summed E-state index contributed by atoms with van der Waals surface area (Å²) >= 11 is 0. The molecule has 2 aliphatic heterocycles. The Morgan fingerprint density at radius 2 is 1.64 bits per heavy atom. The van der Waals surface area contributed by atoms with Gasteiger partial charge in [0.1, 0.15) is 5.52 Å². The monoisotopic (exact) mass is 441 g/mol. The van der Waals surface area contributed by atoms with Gasteiger partial charge in [0.15, 0.2) is 5.65 Å². The van der Waals surface area contributed by atoms with E-state index in [9.17, 15) is 4.79 Å². The standard InChI is InChI=1S/C26H27N5O2/c32-26(30-13-15-33-16-14-30)29-11-8-22(9-12-29)31-18-28-24-23(7-10-27-25(24)31)21-6-5-19-3-1-2-4-20(19)17-21/h1-7,10,17-18,22H,8-9,11-16H2. The molecule has 0 N–H and O–H groups in total. The van der Waals surface area contributed by atoms with E-state index in [1.807, 2.05) is 28.4 Å². The Labute approximate surface area is 192 Å². The second kappa shape index (κ2) is 8.48. The van der Waals surface area contributed by atoms with E-state index in [2.05, 4.69) is 47.0 Å². The van der Waals surface area contributed by atoms with Crippen molar-refractivity contribution in [3.63, 3.8) is 0 Å². The first-order valence-corrected chi connectivity index (χ1v) is 11.7. The molecule has 2 aliphatic rings. The van der Waals surface area contributed by atoms with Gasteiger partial charge in [-0.2, -0.15) is 0 Å². The van der Waals surface area contributed by atoms with Crippen molar-refractivity contribution in [3.8, 4) is 11.1 Å². The Morgan fingerprint density at radius 3 is 2.45 bits per heavy atom. The molecule has 2 amide bonds. The maximum Gasteiger partial charge on any atom is 0.320 e. The van der Waals surface area contributed by atoms with Gasteiger partial charge in [0.2, 0.25) is 0 Å². The quantitative estimate of drug-likeness (QED) is 0.464. The van der Waals surface area contributed by atoms with Gasteiger partial charge in [-0.1, -0.05) is 36.4 Å². The number of ether oxygens (including phenoxy) is 1. The van der Waals surface area contributed by atoms with Gasteiger partial charge in [-0.25, -0.2) is 14.8 Å². The fourth-order valence-electron chi connectivity index (χ4n) is 5.08. The number of benzene rings is 2. The van der Waals surface area contributed by atoms with Gasteiger partial charge >= 0.3 is 6.03 Å². The summed E-state index contributed by atoms with van der Waals surface area (Å²) in [7, 11) is 0. The molecule has 4 aromatic rings. The number of fused-ring (bicyclic) bond motifs is 2. The first kappa shape index (κ1) is 20.2. The number of hydrogen-bond donors (Lipinski definition) is 0. The molecule has 0 atom stereocenters. The lowest BCUT2D eigenvalue weighted by Crippen LogP contribution is -2.50. The lowest BCUT2D eigenvalue weighted by molar-refractivity contribution is 0.0403. The summed E-state index contributed by atoms with van der Waals surface area (Å²) in [5.74, 6) is 0. The average Bonchev–Trinajstić information content (AvgIpc) is 3.33. The molecule has 33 heavy (non-hydrogen) atoms. The highest BCUT2D eigenvalue weighted by Gasteiger charge is 2.28. The maximum absolute atomic E-state index is 12.8. The molecule has 0 aliphatic carbocycles. The molecule has 168 valence electrons. The zero-order chi connectivity index (χ0) is 22.2. The van der Waals surface area contributed by atoms with Gasteiger partial charge in [0.25, 0.3) is 0 Å². The molecular weight excluding hydrogens is 414 g/mol. The Kier molecular flexibility index (Phi) is 5.19. The van der Waals surface area contributed by atoms with Crippen molar-refractivity contribution in [3.05, 3.63) is 61.1 Å². The first-order valence-electron chi connectivity index (χ1n) is 11.7. The number of likely N-dealkylation sites (tertiary alicyclic amines) is 1. The minimum atomic E-state index is 0.143. The highest BCUT2D eigenvalue weighted by atomic mass is 16.5. The predicted molar refractivity (Wildman–Crippen MR) is 128 cm³/mol. The van der Waals surface area contributed by atoms with Crippen LogP contribution in [0.5, 0.6) is 0 Å². The van der Waals surface area contributed by atoms with Gasteiger partial charge in [-0.15, -0.1) is 0 Å². The number of nitrogens with zero attached hydrogens (tertiary/aromatic N) is 5. The molecule has 0 radical (unpaired) electrons. The van der Waals surface area contributed by atoms with Crippen LogP contribution in [0.15, 0.2) is 61.1 Å². The summed E-state index contributed by atoms with van der Waals surface area (Å²) in [4.78, 5) is 26.2. The van der Waals surface area contributed by atoms with E-state index in [-0.39, 0.29) is 6.03 Å². The third kappa shape index (κ3) is 3.72. The number of morpholine rings is 1. The second-order valence-corrected chi connectivity index (χ2v) is 8.84. The number of imidazole rings is 1. The van der Waals surface area contributed by atoms with Crippen molar-refractivity contribution in [2.75, 3.05) is 39.4 Å². The van der Waals surface area contributed by atoms with E-state index in [1.54, 1.807) is 0 Å². The normalized spacial score (nSPS) is 17.7. The molecule has 0 spiro atoms. The van der Waals surface area contributed by atoms with E-state index in [0.717, 1.165) is 48.2 Å². The second-order valence-electron chi connectivity index (χ2n) is 8.84. The van der Waals surface area contributed by atoms with Crippen molar-refractivity contribution in [2.24, 2.45) is 0 Å². The van der Waals surface area contributed by atoms with Crippen molar-refractivity contribution in [1.82, 2.24) is 24.3 Å². The zero-order valence-electron chi connectivity index (χ0n) is 18.6. The molecule has 4 heterocycles. The van der Waals surface area contributed by atoms with E-state index in [1.165, 1.54) is 10.8 Å². The van der Waals surface area contributed by atoms with Crippen LogP contribution >= 0.6 is 0 Å². The Morgan fingerprint density at radius 1 is 0.879 bits per heavy atom. The van der Waals surface area contributed by atoms with Crippen LogP contribution in [0, 0.1) is 0 Å². The SMILES string of the molecule is O=C(N1CCOCC1)N1CCC(n2cnc3c(-c4ccc5ccccc5c4)ccnc32)CC1. The van der Waals surface area contributed by atoms with Crippen LogP contribution in [-0.2, 0) is 4.74 Å². The van der Waals surface area contributed by atoms with Crippen LogP contribution in [0.3, 0.4) is 0 Å². The average molecular weight is 442 g/mol. The number of carbonyl (C=O) groups excluding carboxylic acids is 1. The molecule has 0 bridgehead atoms. The van der Waals surface area contributed by atoms with Crippen LogP contribution in [0.2, 0.25) is 0 Å². The Hall–Kier alpha value is -3.45. The van der Waals surface area contributed by atoms with E-state index in [0.29, 0.717) is 32.3 Å². The first-order chi connectivity index (χ1) is 16.3. The van der Waals surface area contributed by atoms with Crippen LogP contribution in [0.1, 0.15) is 18.9 Å². The maximum atomic E-state index is 12.8. The number of aromatic nitrogens is 3. The van der Waals surface area contributed by atoms with Gasteiger partial charge in [0.05, 0.1) is 19.5 Å². The van der Waals surface area contributed by atoms with Gasteiger partial charge in [-0.05, 0) is 41.3 Å². The summed E-state index contributed by atoms with van der Waals surface area (Å²) in [6, 6.07) is 17.4. The largest absolute Gasteiger partial charge is 0.378 e. The minimum Gasteiger partial charge on any atom is -0.378 e. The third-order valence-electron chi connectivity index (χ3n) is 6.93. The molecule has 2 saturated heterocycles. The van der Waals surface area contributed by atoms with Crippen molar-refractivity contribution in [2.45, 2.75) is 18.9 Å². The summed E-state index contributed by atoms with van der Waals surface area (Å²) in [5, 5.41) is 2.45. The minimum absolute atomic E-state index is 0.143. The number of urea groups is 1. The van der Waals surface area contributed by atoms with Gasteiger partial charge in [-0.3, -0.25) is 0 Å². The molecule has 2 fully saturated rings. The fourth-order valence-corrected chi connectivity index (χ4v) is 5.08. The van der Waals surface area contributed by atoms with Crippen LogP contribution in [-0.4, -0.2) is 69.8 Å². The summed E-state index contributed by atoms with van der Waals surface area (Å²) in [6.07, 6.45) is 5.61. The third-order valence-corrected chi connectivity index (χ3v) is 6.93. The lowest BCUT2D eigenvalue weighted by Gasteiger charge is -2.37. The lowest BCUT2D eigenvalue weighted by atomic mass is 10.0. The molecule has 7 nitrogen and oxygen atoms in total. The van der Waals surface area contributed by atoms with Crippen LogP contribution < -0.4 is 0 Å². The van der Waals surface area contributed by atoms with E-state index in [4.69, 9.17) is 14.7 Å². The molecule has 2 aromatic carbocycles. The number of hydrogen-bond acceptors (Lipinski definition) is 4. The summed E-state index contributed by atoms with van der Waals surface area (Å²) < 4.78 is 7.58. The van der Waals surface area contributed by atoms with Crippen molar-refractivity contribution in [1.29, 1.82) is 0 Å². The topological polar surface area (TPSA) is 63.5 Å². The van der Waals surface area contributed by atoms with Gasteiger partial charge < -0.3 is 19.1 Å². The number of amides is 2. The Bertz CT molecular complexity index is 1300. The highest BCUT2D eigenvalue weighted by Crippen LogP contribution is 2.32. The van der Waals surface area contributed by atoms with E-state index >= 15 is 0 Å². The molecule has 6 rings (SSSR count). The smallest absolute Gasteiger partial charge is 0.320 e. The summed E-state index contributed by atoms with van der Waals surface area (Å²) in [5.41, 5.74) is 4.10. The molecule has 7 heteroatoms. The predicted octanol–water partition coefficient (Wildman–Crippen LogP) is 4.34. The number of rotatable bonds is 2. The molecule has 0 unspecified atom stereocenters. The van der Waals surface area contributed by atoms with Crippen LogP contribution in [0.25, 0.3) is 33.1 Å². The fraction of sp³-hybridized carbons (Fsp3) is 0.346. The summed E-state index contributed by atoms with van der Waals surface area (Å²) in [6.45, 7) is 4.15. The van der Waals surface area contributed by atoms with Crippen molar-refractivity contribution < 1.29 is 9.53 Å². The number of pyridine rings is 1. The number of carbonyl (C=O) groups is 1.